The quantitative estimate of drug-likeness (QED) is 0.518. The van der Waals surface area contributed by atoms with Gasteiger partial charge in [-0.25, -0.2) is 0 Å². The predicted molar refractivity (Wildman–Crippen MR) is 76.0 cm³/mol. The summed E-state index contributed by atoms with van der Waals surface area (Å²) in [5, 5.41) is 0. The van der Waals surface area contributed by atoms with E-state index < -0.39 is 20.6 Å². The van der Waals surface area contributed by atoms with Crippen molar-refractivity contribution in [3.05, 3.63) is 0 Å². The minimum absolute atomic E-state index is 0.0276. The summed E-state index contributed by atoms with van der Waals surface area (Å²) in [5.41, 5.74) is 0. The standard InChI is InChI=1S/C11H16Cl4O4/c1-3-18-8(16)5-6-10(12,7-11(13,14)15)9(17)19-4-2/h3-7H2,1-2H3. The summed E-state index contributed by atoms with van der Waals surface area (Å²) in [6.45, 7) is 3.71. The highest BCUT2D eigenvalue weighted by molar-refractivity contribution is 6.68. The first kappa shape index (κ1) is 19.1. The van der Waals surface area contributed by atoms with Crippen LogP contribution in [0.1, 0.15) is 33.1 Å². The van der Waals surface area contributed by atoms with E-state index in [-0.39, 0.29) is 32.5 Å². The summed E-state index contributed by atoms with van der Waals surface area (Å²) in [6, 6.07) is 0. The normalized spacial score (nSPS) is 14.6. The van der Waals surface area contributed by atoms with Gasteiger partial charge in [-0.2, -0.15) is 0 Å². The van der Waals surface area contributed by atoms with Gasteiger partial charge in [-0.15, -0.1) is 11.6 Å². The van der Waals surface area contributed by atoms with Gasteiger partial charge in [-0.1, -0.05) is 34.8 Å². The van der Waals surface area contributed by atoms with E-state index in [9.17, 15) is 9.59 Å². The van der Waals surface area contributed by atoms with E-state index in [4.69, 9.17) is 55.9 Å². The molecule has 0 aliphatic heterocycles. The molecule has 0 saturated carbocycles. The third kappa shape index (κ3) is 8.08. The van der Waals surface area contributed by atoms with Crippen LogP contribution in [0, 0.1) is 0 Å². The third-order valence-electron chi connectivity index (χ3n) is 2.15. The van der Waals surface area contributed by atoms with Crippen molar-refractivity contribution in [3.8, 4) is 0 Å². The topological polar surface area (TPSA) is 52.6 Å². The lowest BCUT2D eigenvalue weighted by Gasteiger charge is -2.27. The maximum atomic E-state index is 11.8. The van der Waals surface area contributed by atoms with Crippen molar-refractivity contribution in [2.24, 2.45) is 0 Å². The minimum atomic E-state index is -1.72. The van der Waals surface area contributed by atoms with Gasteiger partial charge in [0.05, 0.1) is 13.2 Å². The van der Waals surface area contributed by atoms with Crippen LogP contribution in [0.2, 0.25) is 0 Å². The molecule has 0 aliphatic rings. The van der Waals surface area contributed by atoms with Crippen LogP contribution in [-0.2, 0) is 19.1 Å². The van der Waals surface area contributed by atoms with Gasteiger partial charge in [0.1, 0.15) is 4.87 Å². The summed E-state index contributed by atoms with van der Waals surface area (Å²) in [4.78, 5) is 21.6. The summed E-state index contributed by atoms with van der Waals surface area (Å²) in [7, 11) is 0. The van der Waals surface area contributed by atoms with Crippen LogP contribution >= 0.6 is 46.4 Å². The van der Waals surface area contributed by atoms with Crippen molar-refractivity contribution in [2.75, 3.05) is 13.2 Å². The van der Waals surface area contributed by atoms with E-state index in [0.717, 1.165) is 0 Å². The van der Waals surface area contributed by atoms with Gasteiger partial charge in [-0.3, -0.25) is 9.59 Å². The van der Waals surface area contributed by atoms with Gasteiger partial charge in [0.2, 0.25) is 0 Å². The van der Waals surface area contributed by atoms with Crippen LogP contribution in [0.25, 0.3) is 0 Å². The van der Waals surface area contributed by atoms with E-state index in [1.807, 2.05) is 0 Å². The van der Waals surface area contributed by atoms with Gasteiger partial charge in [0.25, 0.3) is 0 Å². The molecule has 1 atom stereocenters. The molecule has 0 amide bonds. The Balaban J connectivity index is 4.76. The van der Waals surface area contributed by atoms with Crippen LogP contribution in [0.4, 0.5) is 0 Å². The molecule has 0 spiro atoms. The van der Waals surface area contributed by atoms with E-state index in [1.165, 1.54) is 0 Å². The number of alkyl halides is 4. The van der Waals surface area contributed by atoms with Gasteiger partial charge < -0.3 is 9.47 Å². The van der Waals surface area contributed by atoms with Crippen LogP contribution < -0.4 is 0 Å². The molecular formula is C11H16Cl4O4. The molecule has 1 unspecified atom stereocenters. The molecule has 0 aromatic heterocycles. The number of rotatable bonds is 7. The molecule has 0 aromatic rings. The van der Waals surface area contributed by atoms with Crippen LogP contribution in [0.15, 0.2) is 0 Å². The zero-order valence-corrected chi connectivity index (χ0v) is 13.7. The maximum absolute atomic E-state index is 11.8. The largest absolute Gasteiger partial charge is 0.466 e. The summed E-state index contributed by atoms with van der Waals surface area (Å²) < 4.78 is 7.89. The van der Waals surface area contributed by atoms with Crippen molar-refractivity contribution >= 4 is 58.3 Å². The second-order valence-corrected chi connectivity index (χ2v) is 7.02. The molecule has 8 heteroatoms. The number of esters is 2. The zero-order valence-electron chi connectivity index (χ0n) is 10.7. The Labute approximate surface area is 132 Å². The number of carbonyl (C=O) groups is 2. The van der Waals surface area contributed by atoms with Crippen LogP contribution in [0.3, 0.4) is 0 Å². The van der Waals surface area contributed by atoms with Crippen molar-refractivity contribution in [3.63, 3.8) is 0 Å². The van der Waals surface area contributed by atoms with E-state index in [1.54, 1.807) is 13.8 Å². The van der Waals surface area contributed by atoms with Crippen LogP contribution in [0.5, 0.6) is 0 Å². The fourth-order valence-electron chi connectivity index (χ4n) is 1.37. The van der Waals surface area contributed by atoms with Crippen molar-refractivity contribution in [1.82, 2.24) is 0 Å². The fourth-order valence-corrected chi connectivity index (χ4v) is 2.61. The highest BCUT2D eigenvalue weighted by Crippen LogP contribution is 2.41. The van der Waals surface area contributed by atoms with E-state index >= 15 is 0 Å². The molecule has 0 aliphatic carbocycles. The predicted octanol–water partition coefficient (Wildman–Crippen LogP) is 3.63. The van der Waals surface area contributed by atoms with Gasteiger partial charge in [-0.05, 0) is 20.3 Å². The minimum Gasteiger partial charge on any atom is -0.466 e. The molecular weight excluding hydrogens is 338 g/mol. The fraction of sp³-hybridized carbons (Fsp3) is 0.818. The molecule has 0 heterocycles. The SMILES string of the molecule is CCOC(=O)CCC(Cl)(CC(Cl)(Cl)Cl)C(=O)OCC. The molecule has 19 heavy (non-hydrogen) atoms. The van der Waals surface area contributed by atoms with Crippen molar-refractivity contribution in [1.29, 1.82) is 0 Å². The second-order valence-electron chi connectivity index (χ2n) is 3.78. The molecule has 112 valence electrons. The van der Waals surface area contributed by atoms with Crippen LogP contribution in [-0.4, -0.2) is 33.8 Å². The summed E-state index contributed by atoms with van der Waals surface area (Å²) in [6.07, 6.45) is -0.346. The Kier molecular flexibility index (Phi) is 8.45. The number of hydrogen-bond donors (Lipinski definition) is 0. The molecule has 0 saturated heterocycles. The highest BCUT2D eigenvalue weighted by atomic mass is 35.6. The Morgan fingerprint density at radius 2 is 1.53 bits per heavy atom. The summed E-state index contributed by atoms with van der Waals surface area (Å²) >= 11 is 23.1. The monoisotopic (exact) mass is 352 g/mol. The van der Waals surface area contributed by atoms with Gasteiger partial charge >= 0.3 is 11.9 Å². The smallest absolute Gasteiger partial charge is 0.327 e. The number of hydrogen-bond acceptors (Lipinski definition) is 4. The first-order valence-corrected chi connectivity index (χ1v) is 7.24. The van der Waals surface area contributed by atoms with Gasteiger partial charge in [0, 0.05) is 12.8 Å². The molecule has 0 N–H and O–H groups in total. The van der Waals surface area contributed by atoms with E-state index in [2.05, 4.69) is 0 Å². The Morgan fingerprint density at radius 3 is 1.95 bits per heavy atom. The third-order valence-corrected chi connectivity index (χ3v) is 3.03. The van der Waals surface area contributed by atoms with Crippen molar-refractivity contribution in [2.45, 2.75) is 41.8 Å². The molecule has 4 nitrogen and oxygen atoms in total. The lowest BCUT2D eigenvalue weighted by atomic mass is 9.99. The Bertz CT molecular complexity index is 316. The number of carbonyl (C=O) groups excluding carboxylic acids is 2. The first-order valence-electron chi connectivity index (χ1n) is 5.73. The Hall–Kier alpha value is 0.1000. The molecule has 0 aromatic carbocycles. The number of halogens is 4. The Morgan fingerprint density at radius 1 is 1.00 bits per heavy atom. The second kappa shape index (κ2) is 8.40. The lowest BCUT2D eigenvalue weighted by Crippen LogP contribution is -2.39. The lowest BCUT2D eigenvalue weighted by molar-refractivity contribution is -0.148. The van der Waals surface area contributed by atoms with Crippen molar-refractivity contribution < 1.29 is 19.1 Å². The average molecular weight is 354 g/mol. The van der Waals surface area contributed by atoms with Gasteiger partial charge in [0.15, 0.2) is 3.79 Å². The first-order chi connectivity index (χ1) is 8.64. The summed E-state index contributed by atoms with van der Waals surface area (Å²) in [5.74, 6) is -1.19. The highest BCUT2D eigenvalue weighted by Gasteiger charge is 2.44. The molecule has 0 bridgehead atoms. The maximum Gasteiger partial charge on any atom is 0.327 e. The number of ether oxygens (including phenoxy) is 2. The molecule has 0 fully saturated rings. The van der Waals surface area contributed by atoms with E-state index in [0.29, 0.717) is 0 Å². The zero-order chi connectivity index (χ0) is 15.1. The average Bonchev–Trinajstić information content (AvgIpc) is 2.25. The molecule has 0 radical (unpaired) electrons. The molecule has 0 rings (SSSR count).